The molecule has 0 radical (unpaired) electrons. The second-order valence-corrected chi connectivity index (χ2v) is 4.51. The Labute approximate surface area is 124 Å². The molecule has 0 unspecified atom stereocenters. The summed E-state index contributed by atoms with van der Waals surface area (Å²) in [6, 6.07) is 3.42. The van der Waals surface area contributed by atoms with Gasteiger partial charge in [-0.25, -0.2) is 9.97 Å². The molecule has 0 aromatic carbocycles. The van der Waals surface area contributed by atoms with Crippen LogP contribution in [-0.4, -0.2) is 27.0 Å². The van der Waals surface area contributed by atoms with Gasteiger partial charge in [0.2, 0.25) is 5.88 Å². The Bertz CT molecular complexity index is 595. The van der Waals surface area contributed by atoms with Gasteiger partial charge in [-0.15, -0.1) is 0 Å². The number of nitrogens with one attached hydrogen (secondary N) is 1. The van der Waals surface area contributed by atoms with Crippen molar-refractivity contribution in [2.24, 2.45) is 0 Å². The van der Waals surface area contributed by atoms with Crippen molar-refractivity contribution in [3.05, 3.63) is 42.1 Å². The summed E-state index contributed by atoms with van der Waals surface area (Å²) in [5, 5.41) is 2.86. The number of amides is 1. The predicted molar refractivity (Wildman–Crippen MR) is 79.1 cm³/mol. The summed E-state index contributed by atoms with van der Waals surface area (Å²) < 4.78 is 7.40. The lowest BCUT2D eigenvalue weighted by Crippen LogP contribution is -2.25. The van der Waals surface area contributed by atoms with E-state index in [1.165, 1.54) is 0 Å². The molecule has 21 heavy (non-hydrogen) atoms. The number of carbonyl (C=O) groups excluding carboxylic acids is 1. The lowest BCUT2D eigenvalue weighted by atomic mass is 10.2. The number of hydrogen-bond acceptors (Lipinski definition) is 4. The molecule has 0 aliphatic rings. The van der Waals surface area contributed by atoms with Crippen molar-refractivity contribution in [3.63, 3.8) is 0 Å². The SMILES string of the molecule is CCCn1ccnc1CNC(=O)c1cccnc1OCC. The van der Waals surface area contributed by atoms with Crippen LogP contribution in [0.5, 0.6) is 5.88 Å². The van der Waals surface area contributed by atoms with Gasteiger partial charge in [-0.05, 0) is 25.5 Å². The van der Waals surface area contributed by atoms with Crippen molar-refractivity contribution in [2.45, 2.75) is 33.4 Å². The van der Waals surface area contributed by atoms with E-state index in [9.17, 15) is 4.79 Å². The average Bonchev–Trinajstić information content (AvgIpc) is 2.93. The third-order valence-electron chi connectivity index (χ3n) is 2.97. The molecule has 2 aromatic rings. The summed E-state index contributed by atoms with van der Waals surface area (Å²) in [6.07, 6.45) is 6.29. The number of rotatable bonds is 7. The highest BCUT2D eigenvalue weighted by atomic mass is 16.5. The maximum absolute atomic E-state index is 12.2. The number of hydrogen-bond donors (Lipinski definition) is 1. The highest BCUT2D eigenvalue weighted by Crippen LogP contribution is 2.14. The zero-order valence-corrected chi connectivity index (χ0v) is 12.4. The fourth-order valence-electron chi connectivity index (χ4n) is 2.02. The molecule has 0 spiro atoms. The maximum Gasteiger partial charge on any atom is 0.257 e. The Hall–Kier alpha value is -2.37. The van der Waals surface area contributed by atoms with Crippen LogP contribution in [-0.2, 0) is 13.1 Å². The molecule has 0 bridgehead atoms. The highest BCUT2D eigenvalue weighted by molar-refractivity contribution is 5.96. The van der Waals surface area contributed by atoms with Gasteiger partial charge in [0.1, 0.15) is 11.4 Å². The maximum atomic E-state index is 12.2. The predicted octanol–water partition coefficient (Wildman–Crippen LogP) is 2.02. The summed E-state index contributed by atoms with van der Waals surface area (Å²) in [5.41, 5.74) is 0.438. The van der Waals surface area contributed by atoms with Gasteiger partial charge in [-0.3, -0.25) is 4.79 Å². The molecular formula is C15H20N4O2. The summed E-state index contributed by atoms with van der Waals surface area (Å²) in [5.74, 6) is 0.985. The standard InChI is InChI=1S/C15H20N4O2/c1-3-9-19-10-8-16-13(19)11-18-14(20)12-6-5-7-17-15(12)21-4-2/h5-8,10H,3-4,9,11H2,1-2H3,(H,18,20). The normalized spacial score (nSPS) is 10.4. The van der Waals surface area contributed by atoms with Crippen LogP contribution in [0.1, 0.15) is 36.5 Å². The average molecular weight is 288 g/mol. The molecule has 0 saturated heterocycles. The van der Waals surface area contributed by atoms with Crippen molar-refractivity contribution in [1.82, 2.24) is 19.9 Å². The van der Waals surface area contributed by atoms with E-state index < -0.39 is 0 Å². The number of imidazole rings is 1. The molecule has 1 N–H and O–H groups in total. The van der Waals surface area contributed by atoms with Gasteiger partial charge in [-0.2, -0.15) is 0 Å². The second-order valence-electron chi connectivity index (χ2n) is 4.51. The molecule has 6 nitrogen and oxygen atoms in total. The fourth-order valence-corrected chi connectivity index (χ4v) is 2.02. The van der Waals surface area contributed by atoms with E-state index >= 15 is 0 Å². The van der Waals surface area contributed by atoms with Crippen LogP contribution in [0, 0.1) is 0 Å². The number of ether oxygens (including phenoxy) is 1. The molecular weight excluding hydrogens is 268 g/mol. The number of aromatic nitrogens is 3. The highest BCUT2D eigenvalue weighted by Gasteiger charge is 2.13. The van der Waals surface area contributed by atoms with Gasteiger partial charge in [-0.1, -0.05) is 6.92 Å². The zero-order valence-electron chi connectivity index (χ0n) is 12.4. The van der Waals surface area contributed by atoms with Crippen LogP contribution in [0.15, 0.2) is 30.7 Å². The third kappa shape index (κ3) is 3.81. The largest absolute Gasteiger partial charge is 0.477 e. The van der Waals surface area contributed by atoms with E-state index in [1.807, 2.05) is 17.7 Å². The Morgan fingerprint density at radius 3 is 2.95 bits per heavy atom. The topological polar surface area (TPSA) is 69.0 Å². The zero-order chi connectivity index (χ0) is 15.1. The summed E-state index contributed by atoms with van der Waals surface area (Å²) in [7, 11) is 0. The third-order valence-corrected chi connectivity index (χ3v) is 2.97. The molecule has 0 aliphatic carbocycles. The molecule has 0 saturated carbocycles. The van der Waals surface area contributed by atoms with E-state index in [1.54, 1.807) is 24.5 Å². The van der Waals surface area contributed by atoms with Gasteiger partial charge < -0.3 is 14.6 Å². The summed E-state index contributed by atoms with van der Waals surface area (Å²) in [4.78, 5) is 20.6. The number of carbonyl (C=O) groups is 1. The first-order valence-corrected chi connectivity index (χ1v) is 7.12. The summed E-state index contributed by atoms with van der Waals surface area (Å²) in [6.45, 7) is 5.71. The van der Waals surface area contributed by atoms with Gasteiger partial charge in [0.05, 0.1) is 13.2 Å². The van der Waals surface area contributed by atoms with Crippen LogP contribution >= 0.6 is 0 Å². The van der Waals surface area contributed by atoms with Crippen molar-refractivity contribution in [1.29, 1.82) is 0 Å². The lowest BCUT2D eigenvalue weighted by molar-refractivity contribution is 0.0944. The molecule has 0 atom stereocenters. The smallest absolute Gasteiger partial charge is 0.257 e. The molecule has 0 aliphatic heterocycles. The molecule has 6 heteroatoms. The van der Waals surface area contributed by atoms with E-state index in [2.05, 4.69) is 22.2 Å². The van der Waals surface area contributed by atoms with Crippen LogP contribution in [0.2, 0.25) is 0 Å². The Kier molecular flexibility index (Phi) is 5.31. The molecule has 2 aromatic heterocycles. The lowest BCUT2D eigenvalue weighted by Gasteiger charge is -2.10. The molecule has 0 fully saturated rings. The first kappa shape index (κ1) is 15.0. The fraction of sp³-hybridized carbons (Fsp3) is 0.400. The van der Waals surface area contributed by atoms with Crippen molar-refractivity contribution in [3.8, 4) is 5.88 Å². The second kappa shape index (κ2) is 7.42. The van der Waals surface area contributed by atoms with E-state index in [4.69, 9.17) is 4.74 Å². The Balaban J connectivity index is 2.03. The molecule has 2 rings (SSSR count). The molecule has 112 valence electrons. The number of aryl methyl sites for hydroxylation is 1. The Morgan fingerprint density at radius 1 is 1.33 bits per heavy atom. The van der Waals surface area contributed by atoms with E-state index in [-0.39, 0.29) is 5.91 Å². The molecule has 2 heterocycles. The van der Waals surface area contributed by atoms with Crippen LogP contribution in [0.4, 0.5) is 0 Å². The quantitative estimate of drug-likeness (QED) is 0.846. The van der Waals surface area contributed by atoms with Crippen LogP contribution in [0.3, 0.4) is 0 Å². The van der Waals surface area contributed by atoms with E-state index in [0.29, 0.717) is 24.6 Å². The monoisotopic (exact) mass is 288 g/mol. The molecule has 1 amide bonds. The number of nitrogens with zero attached hydrogens (tertiary/aromatic N) is 3. The minimum atomic E-state index is -0.211. The van der Waals surface area contributed by atoms with Crippen LogP contribution in [0.25, 0.3) is 0 Å². The van der Waals surface area contributed by atoms with Gasteiger partial charge in [0.25, 0.3) is 5.91 Å². The minimum Gasteiger partial charge on any atom is -0.477 e. The first-order valence-electron chi connectivity index (χ1n) is 7.12. The van der Waals surface area contributed by atoms with Gasteiger partial charge in [0.15, 0.2) is 0 Å². The van der Waals surface area contributed by atoms with Crippen molar-refractivity contribution < 1.29 is 9.53 Å². The Morgan fingerprint density at radius 2 is 2.19 bits per heavy atom. The summed E-state index contributed by atoms with van der Waals surface area (Å²) >= 11 is 0. The van der Waals surface area contributed by atoms with Crippen LogP contribution < -0.4 is 10.1 Å². The van der Waals surface area contributed by atoms with Crippen molar-refractivity contribution >= 4 is 5.91 Å². The van der Waals surface area contributed by atoms with Crippen molar-refractivity contribution in [2.75, 3.05) is 6.61 Å². The first-order chi connectivity index (χ1) is 10.3. The minimum absolute atomic E-state index is 0.211. The van der Waals surface area contributed by atoms with E-state index in [0.717, 1.165) is 18.8 Å². The van der Waals surface area contributed by atoms with Gasteiger partial charge in [0, 0.05) is 25.1 Å². The van der Waals surface area contributed by atoms with Gasteiger partial charge >= 0.3 is 0 Å². The number of pyridine rings is 1.